The SMILES string of the molecule is CCCCCC1CCC(C23COC(C4CCC(c5cc(F)c(F)c(F)c5)CC4)(OC2)OC3)CC1. The average Bonchev–Trinajstić information content (AvgIpc) is 2.89. The van der Waals surface area contributed by atoms with E-state index in [2.05, 4.69) is 6.92 Å². The van der Waals surface area contributed by atoms with E-state index in [9.17, 15) is 13.2 Å². The maximum absolute atomic E-state index is 13.7. The van der Waals surface area contributed by atoms with E-state index in [4.69, 9.17) is 14.2 Å². The zero-order chi connectivity index (χ0) is 23.8. The smallest absolute Gasteiger partial charge is 0.285 e. The van der Waals surface area contributed by atoms with E-state index in [-0.39, 0.29) is 17.3 Å². The summed E-state index contributed by atoms with van der Waals surface area (Å²) in [5, 5.41) is 0. The summed E-state index contributed by atoms with van der Waals surface area (Å²) < 4.78 is 59.8. The summed E-state index contributed by atoms with van der Waals surface area (Å²) in [6, 6.07) is 2.28. The van der Waals surface area contributed by atoms with Crippen molar-refractivity contribution in [2.24, 2.45) is 23.2 Å². The zero-order valence-electron chi connectivity index (χ0n) is 20.4. The Balaban J connectivity index is 1.13. The van der Waals surface area contributed by atoms with Crippen molar-refractivity contribution in [3.05, 3.63) is 35.1 Å². The highest BCUT2D eigenvalue weighted by Crippen LogP contribution is 2.53. The minimum atomic E-state index is -1.40. The number of hydrogen-bond donors (Lipinski definition) is 0. The minimum absolute atomic E-state index is 0.0102. The van der Waals surface area contributed by atoms with Crippen molar-refractivity contribution in [2.75, 3.05) is 19.8 Å². The molecule has 3 saturated heterocycles. The van der Waals surface area contributed by atoms with Gasteiger partial charge in [0, 0.05) is 11.3 Å². The summed E-state index contributed by atoms with van der Waals surface area (Å²) >= 11 is 0. The molecule has 0 unspecified atom stereocenters. The van der Waals surface area contributed by atoms with E-state index in [1.165, 1.54) is 51.4 Å². The van der Waals surface area contributed by atoms with Crippen LogP contribution in [0.2, 0.25) is 0 Å². The highest BCUT2D eigenvalue weighted by molar-refractivity contribution is 5.23. The lowest BCUT2D eigenvalue weighted by Gasteiger charge is -2.58. The van der Waals surface area contributed by atoms with Crippen LogP contribution in [0.15, 0.2) is 12.1 Å². The Hall–Kier alpha value is -1.11. The van der Waals surface area contributed by atoms with Gasteiger partial charge in [-0.25, -0.2) is 13.2 Å². The summed E-state index contributed by atoms with van der Waals surface area (Å²) in [5.74, 6) is -3.00. The topological polar surface area (TPSA) is 27.7 Å². The number of halogens is 3. The van der Waals surface area contributed by atoms with Gasteiger partial charge >= 0.3 is 0 Å². The van der Waals surface area contributed by atoms with E-state index in [0.717, 1.165) is 43.7 Å². The van der Waals surface area contributed by atoms with E-state index in [1.807, 2.05) is 0 Å². The molecule has 0 amide bonds. The predicted molar refractivity (Wildman–Crippen MR) is 124 cm³/mol. The lowest BCUT2D eigenvalue weighted by Crippen LogP contribution is -2.65. The molecule has 2 bridgehead atoms. The standard InChI is InChI=1S/C28H39F3O3/c1-2-3-4-5-19-6-10-22(11-7-19)27-16-32-28(33-17-27,34-18-27)23-12-8-20(9-13-23)21-14-24(29)26(31)25(30)15-21/h14-15,19-20,22-23H,2-13,16-18H2,1H3. The Kier molecular flexibility index (Phi) is 7.30. The van der Waals surface area contributed by atoms with Crippen molar-refractivity contribution in [2.45, 2.75) is 95.9 Å². The minimum Gasteiger partial charge on any atom is -0.326 e. The molecule has 0 radical (unpaired) electrons. The van der Waals surface area contributed by atoms with Crippen LogP contribution in [0.5, 0.6) is 0 Å². The molecule has 1 aromatic carbocycles. The Morgan fingerprint density at radius 2 is 1.32 bits per heavy atom. The summed E-state index contributed by atoms with van der Waals surface area (Å²) in [6.07, 6.45) is 13.6. The van der Waals surface area contributed by atoms with E-state index in [0.29, 0.717) is 31.3 Å². The maximum atomic E-state index is 13.7. The van der Waals surface area contributed by atoms with Crippen molar-refractivity contribution in [1.82, 2.24) is 0 Å². The Morgan fingerprint density at radius 3 is 1.88 bits per heavy atom. The third-order valence-corrected chi connectivity index (χ3v) is 9.32. The second-order valence-corrected chi connectivity index (χ2v) is 11.4. The summed E-state index contributed by atoms with van der Waals surface area (Å²) in [7, 11) is 0. The monoisotopic (exact) mass is 480 g/mol. The quantitative estimate of drug-likeness (QED) is 0.299. The molecule has 0 atom stereocenters. The molecule has 5 fully saturated rings. The van der Waals surface area contributed by atoms with Gasteiger partial charge in [0.15, 0.2) is 17.5 Å². The highest BCUT2D eigenvalue weighted by atomic mass is 19.2. The zero-order valence-corrected chi connectivity index (χ0v) is 20.4. The average molecular weight is 481 g/mol. The van der Waals surface area contributed by atoms with Crippen LogP contribution in [0.3, 0.4) is 0 Å². The molecule has 3 heterocycles. The molecule has 5 aliphatic rings. The van der Waals surface area contributed by atoms with Crippen molar-refractivity contribution in [1.29, 1.82) is 0 Å². The number of rotatable bonds is 7. The van der Waals surface area contributed by atoms with Crippen LogP contribution in [0.1, 0.15) is 95.5 Å². The van der Waals surface area contributed by atoms with Crippen LogP contribution >= 0.6 is 0 Å². The lowest BCUT2D eigenvalue weighted by molar-refractivity contribution is -0.493. The first kappa shape index (κ1) is 24.6. The van der Waals surface area contributed by atoms with Crippen LogP contribution < -0.4 is 0 Å². The lowest BCUT2D eigenvalue weighted by atomic mass is 9.66. The number of ether oxygens (including phenoxy) is 3. The van der Waals surface area contributed by atoms with Crippen molar-refractivity contribution in [3.8, 4) is 0 Å². The molecular weight excluding hydrogens is 441 g/mol. The molecule has 0 N–H and O–H groups in total. The Morgan fingerprint density at radius 1 is 0.765 bits per heavy atom. The molecular formula is C28H39F3O3. The molecule has 2 aliphatic carbocycles. The highest BCUT2D eigenvalue weighted by Gasteiger charge is 2.59. The van der Waals surface area contributed by atoms with Gasteiger partial charge in [-0.1, -0.05) is 45.4 Å². The second-order valence-electron chi connectivity index (χ2n) is 11.4. The maximum Gasteiger partial charge on any atom is 0.285 e. The molecule has 0 spiro atoms. The van der Waals surface area contributed by atoms with Gasteiger partial charge in [-0.15, -0.1) is 0 Å². The summed E-state index contributed by atoms with van der Waals surface area (Å²) in [5.41, 5.74) is 0.517. The number of unbranched alkanes of at least 4 members (excludes halogenated alkanes) is 2. The summed E-state index contributed by atoms with van der Waals surface area (Å²) in [6.45, 7) is 4.37. The molecule has 0 aromatic heterocycles. The molecule has 6 heteroatoms. The first-order valence-electron chi connectivity index (χ1n) is 13.5. The summed E-state index contributed by atoms with van der Waals surface area (Å²) in [4.78, 5) is 0. The van der Waals surface area contributed by atoms with Gasteiger partial charge < -0.3 is 14.2 Å². The van der Waals surface area contributed by atoms with Gasteiger partial charge in [-0.2, -0.15) is 0 Å². The van der Waals surface area contributed by atoms with E-state index < -0.39 is 23.4 Å². The van der Waals surface area contributed by atoms with Crippen molar-refractivity contribution >= 4 is 0 Å². The Bertz CT molecular complexity index is 796. The normalized spacial score (nSPS) is 38.2. The fourth-order valence-corrected chi connectivity index (χ4v) is 7.03. The van der Waals surface area contributed by atoms with Gasteiger partial charge in [-0.3, -0.25) is 0 Å². The predicted octanol–water partition coefficient (Wildman–Crippen LogP) is 7.48. The largest absolute Gasteiger partial charge is 0.326 e. The molecule has 1 aromatic rings. The molecule has 3 aliphatic heterocycles. The van der Waals surface area contributed by atoms with Crippen molar-refractivity contribution < 1.29 is 27.4 Å². The number of hydrogen-bond acceptors (Lipinski definition) is 3. The van der Waals surface area contributed by atoms with Gasteiger partial charge in [0.25, 0.3) is 5.97 Å². The van der Waals surface area contributed by atoms with Gasteiger partial charge in [-0.05, 0) is 74.0 Å². The molecule has 34 heavy (non-hydrogen) atoms. The third-order valence-electron chi connectivity index (χ3n) is 9.32. The molecule has 6 rings (SSSR count). The van der Waals surface area contributed by atoms with Crippen LogP contribution in [0.4, 0.5) is 13.2 Å². The first-order chi connectivity index (χ1) is 16.4. The molecule has 190 valence electrons. The fraction of sp³-hybridized carbons (Fsp3) is 0.786. The number of benzene rings is 1. The van der Waals surface area contributed by atoms with Crippen LogP contribution in [-0.4, -0.2) is 25.8 Å². The third kappa shape index (κ3) is 4.67. The van der Waals surface area contributed by atoms with Crippen molar-refractivity contribution in [3.63, 3.8) is 0 Å². The fourth-order valence-electron chi connectivity index (χ4n) is 7.03. The number of fused-ring (bicyclic) bond motifs is 3. The van der Waals surface area contributed by atoms with E-state index >= 15 is 0 Å². The van der Waals surface area contributed by atoms with Gasteiger partial charge in [0.1, 0.15) is 0 Å². The Labute approximate surface area is 201 Å². The van der Waals surface area contributed by atoms with Crippen LogP contribution in [0, 0.1) is 40.6 Å². The van der Waals surface area contributed by atoms with Gasteiger partial charge in [0.2, 0.25) is 0 Å². The first-order valence-corrected chi connectivity index (χ1v) is 13.5. The van der Waals surface area contributed by atoms with E-state index in [1.54, 1.807) is 0 Å². The van der Waals surface area contributed by atoms with Gasteiger partial charge in [0.05, 0.1) is 19.8 Å². The molecule has 2 saturated carbocycles. The molecule has 3 nitrogen and oxygen atoms in total. The second kappa shape index (κ2) is 10.1. The van der Waals surface area contributed by atoms with Crippen LogP contribution in [0.25, 0.3) is 0 Å². The van der Waals surface area contributed by atoms with Crippen LogP contribution in [-0.2, 0) is 14.2 Å².